The zero-order valence-corrected chi connectivity index (χ0v) is 32.4. The highest BCUT2D eigenvalue weighted by Crippen LogP contribution is 2.31. The van der Waals surface area contributed by atoms with E-state index in [1.807, 2.05) is 26.0 Å². The van der Waals surface area contributed by atoms with Crippen molar-refractivity contribution in [2.45, 2.75) is 84.1 Å². The first-order valence-corrected chi connectivity index (χ1v) is 20.1. The second kappa shape index (κ2) is 18.0. The van der Waals surface area contributed by atoms with Gasteiger partial charge in [-0.25, -0.2) is 19.9 Å². The van der Waals surface area contributed by atoms with Gasteiger partial charge in [0.15, 0.2) is 23.0 Å². The lowest BCUT2D eigenvalue weighted by Crippen LogP contribution is -2.43. The SMILES string of the molecule is Cc1cc(Nc2nc(N3CCC[C@@H](CC(=O)C4CCCCC4)C3)cnc2C(N)=O)sn1.Cc1cc(Nc2nc(N3CCC[C@@H](N)C3)cnc2C(N)=O)sn1. The van der Waals surface area contributed by atoms with Crippen LogP contribution in [0.15, 0.2) is 24.5 Å². The van der Waals surface area contributed by atoms with Crippen molar-refractivity contribution in [2.24, 2.45) is 29.0 Å². The summed E-state index contributed by atoms with van der Waals surface area (Å²) in [5.74, 6) is 1.85. The van der Waals surface area contributed by atoms with Crippen LogP contribution < -0.4 is 37.6 Å². The van der Waals surface area contributed by atoms with Crippen molar-refractivity contribution in [1.82, 2.24) is 28.7 Å². The van der Waals surface area contributed by atoms with Gasteiger partial charge in [0.2, 0.25) is 0 Å². The van der Waals surface area contributed by atoms with Crippen LogP contribution in [0.2, 0.25) is 0 Å². The lowest BCUT2D eigenvalue weighted by molar-refractivity contribution is -0.124. The molecule has 54 heavy (non-hydrogen) atoms. The lowest BCUT2D eigenvalue weighted by atomic mass is 9.81. The minimum atomic E-state index is -0.627. The quantitative estimate of drug-likeness (QED) is 0.137. The first-order valence-electron chi connectivity index (χ1n) is 18.5. The molecule has 0 spiro atoms. The Hall–Kier alpha value is -4.81. The van der Waals surface area contributed by atoms with Crippen LogP contribution in [-0.2, 0) is 4.79 Å². The summed E-state index contributed by atoms with van der Waals surface area (Å²) >= 11 is 2.59. The molecule has 1 aliphatic carbocycles. The number of ketones is 1. The molecule has 3 fully saturated rings. The van der Waals surface area contributed by atoms with E-state index in [9.17, 15) is 14.4 Å². The molecule has 2 saturated heterocycles. The van der Waals surface area contributed by atoms with Crippen LogP contribution in [0.4, 0.5) is 33.3 Å². The molecule has 0 unspecified atom stereocenters. The van der Waals surface area contributed by atoms with Gasteiger partial charge in [-0.3, -0.25) is 14.4 Å². The molecule has 4 aromatic heterocycles. The Morgan fingerprint density at radius 1 is 0.741 bits per heavy atom. The van der Waals surface area contributed by atoms with Gasteiger partial charge < -0.3 is 37.6 Å². The molecular formula is C36H49N13O3S2. The van der Waals surface area contributed by atoms with E-state index in [0.717, 1.165) is 86.1 Å². The van der Waals surface area contributed by atoms with E-state index in [-0.39, 0.29) is 23.3 Å². The maximum absolute atomic E-state index is 12.8. The highest BCUT2D eigenvalue weighted by molar-refractivity contribution is 7.10. The van der Waals surface area contributed by atoms with Gasteiger partial charge >= 0.3 is 0 Å². The Balaban J connectivity index is 0.000000193. The van der Waals surface area contributed by atoms with E-state index in [0.29, 0.717) is 41.4 Å². The molecule has 4 aromatic rings. The van der Waals surface area contributed by atoms with E-state index < -0.39 is 11.8 Å². The maximum atomic E-state index is 12.8. The zero-order chi connectivity index (χ0) is 38.2. The summed E-state index contributed by atoms with van der Waals surface area (Å²) in [6.45, 7) is 7.04. The van der Waals surface area contributed by atoms with Crippen LogP contribution in [0.25, 0.3) is 0 Å². The highest BCUT2D eigenvalue weighted by Gasteiger charge is 2.28. The number of piperidine rings is 2. The predicted molar refractivity (Wildman–Crippen MR) is 212 cm³/mol. The molecule has 0 bridgehead atoms. The number of primary amides is 2. The molecule has 16 nitrogen and oxygen atoms in total. The summed E-state index contributed by atoms with van der Waals surface area (Å²) < 4.78 is 8.45. The monoisotopic (exact) mass is 775 g/mol. The average molecular weight is 776 g/mol. The van der Waals surface area contributed by atoms with E-state index in [1.165, 1.54) is 42.3 Å². The summed E-state index contributed by atoms with van der Waals surface area (Å²) in [5, 5.41) is 7.79. The molecule has 0 radical (unpaired) electrons. The van der Waals surface area contributed by atoms with Gasteiger partial charge in [0.25, 0.3) is 11.8 Å². The van der Waals surface area contributed by atoms with Crippen molar-refractivity contribution < 1.29 is 14.4 Å². The van der Waals surface area contributed by atoms with Gasteiger partial charge in [-0.1, -0.05) is 19.3 Å². The normalized spacial score (nSPS) is 19.1. The van der Waals surface area contributed by atoms with Crippen molar-refractivity contribution in [3.8, 4) is 0 Å². The summed E-state index contributed by atoms with van der Waals surface area (Å²) in [6, 6.07) is 3.89. The van der Waals surface area contributed by atoms with Gasteiger partial charge in [0, 0.05) is 44.6 Å². The van der Waals surface area contributed by atoms with Gasteiger partial charge in [-0.2, -0.15) is 8.75 Å². The third-order valence-corrected chi connectivity index (χ3v) is 11.5. The number of Topliss-reactive ketones (excluding diaryl/α,β-unsaturated/α-hetero) is 1. The van der Waals surface area contributed by atoms with Crippen LogP contribution >= 0.6 is 23.1 Å². The number of nitrogens with one attached hydrogen (secondary N) is 2. The van der Waals surface area contributed by atoms with Crippen molar-refractivity contribution in [3.63, 3.8) is 0 Å². The Labute approximate surface area is 323 Å². The van der Waals surface area contributed by atoms with E-state index >= 15 is 0 Å². The van der Waals surface area contributed by atoms with Gasteiger partial charge in [-0.05, 0) is 93.5 Å². The number of amides is 2. The molecule has 2 atom stereocenters. The minimum Gasteiger partial charge on any atom is -0.364 e. The standard InChI is InChI=1S/C22H30N6O2S.C14H19N7OS/c1-14-10-19(31-27-14)26-22-20(21(23)30)24-12-18(25-22)28-9-5-6-15(13-28)11-17(29)16-7-3-2-4-8-16;1-8-5-11(23-20-8)19-14-12(13(16)22)17-6-10(18-14)21-4-2-3-9(15)7-21/h10,12,15-16H,2-9,11,13H2,1H3,(H2,23,30)(H,25,26);5-6,9H,2-4,7,15H2,1H3,(H2,16,22)(H,18,19)/t15-;9-/m01/s1. The van der Waals surface area contributed by atoms with Crippen LogP contribution in [0.1, 0.15) is 96.6 Å². The molecule has 3 aliphatic rings. The highest BCUT2D eigenvalue weighted by atomic mass is 32.1. The molecule has 18 heteroatoms. The zero-order valence-electron chi connectivity index (χ0n) is 30.8. The first-order chi connectivity index (χ1) is 26.0. The van der Waals surface area contributed by atoms with Crippen LogP contribution in [0, 0.1) is 25.7 Å². The molecule has 0 aromatic carbocycles. The molecule has 2 aliphatic heterocycles. The second-order valence-corrected chi connectivity index (χ2v) is 15.9. The topological polar surface area (TPSA) is 237 Å². The number of hydrogen-bond acceptors (Lipinski definition) is 16. The number of rotatable bonds is 11. The average Bonchev–Trinajstić information content (AvgIpc) is 3.78. The number of carbonyl (C=O) groups is 3. The molecule has 2 amide bonds. The van der Waals surface area contributed by atoms with Crippen molar-refractivity contribution in [2.75, 3.05) is 46.6 Å². The number of nitrogens with zero attached hydrogens (tertiary/aromatic N) is 8. The van der Waals surface area contributed by atoms with Gasteiger partial charge in [0.05, 0.1) is 23.8 Å². The number of nitrogens with two attached hydrogens (primary N) is 3. The lowest BCUT2D eigenvalue weighted by Gasteiger charge is -2.34. The van der Waals surface area contributed by atoms with Gasteiger partial charge in [0.1, 0.15) is 27.4 Å². The van der Waals surface area contributed by atoms with Crippen molar-refractivity contribution in [1.29, 1.82) is 0 Å². The third-order valence-electron chi connectivity index (χ3n) is 9.90. The van der Waals surface area contributed by atoms with E-state index in [4.69, 9.17) is 17.2 Å². The number of aromatic nitrogens is 6. The summed E-state index contributed by atoms with van der Waals surface area (Å²) in [6.07, 6.45) is 13.7. The van der Waals surface area contributed by atoms with Crippen LogP contribution in [-0.4, -0.2) is 78.5 Å². The number of aryl methyl sites for hydroxylation is 2. The molecule has 1 saturated carbocycles. The number of hydrogen-bond donors (Lipinski definition) is 5. The Bertz CT molecular complexity index is 1930. The number of anilines is 6. The minimum absolute atomic E-state index is 0.107. The Morgan fingerprint density at radius 2 is 1.26 bits per heavy atom. The predicted octanol–water partition coefficient (Wildman–Crippen LogP) is 4.85. The molecule has 288 valence electrons. The van der Waals surface area contributed by atoms with Crippen molar-refractivity contribution >= 4 is 73.9 Å². The summed E-state index contributed by atoms with van der Waals surface area (Å²) in [5.41, 5.74) is 18.9. The fourth-order valence-electron chi connectivity index (χ4n) is 7.21. The van der Waals surface area contributed by atoms with E-state index in [1.54, 1.807) is 12.4 Å². The first kappa shape index (κ1) is 38.9. The van der Waals surface area contributed by atoms with Gasteiger partial charge in [-0.15, -0.1) is 0 Å². The largest absolute Gasteiger partial charge is 0.364 e. The summed E-state index contributed by atoms with van der Waals surface area (Å²) in [7, 11) is 0. The fraction of sp³-hybridized carbons (Fsp3) is 0.528. The van der Waals surface area contributed by atoms with Crippen LogP contribution in [0.5, 0.6) is 0 Å². The van der Waals surface area contributed by atoms with Crippen LogP contribution in [0.3, 0.4) is 0 Å². The maximum Gasteiger partial charge on any atom is 0.271 e. The molecule has 6 heterocycles. The summed E-state index contributed by atoms with van der Waals surface area (Å²) in [4.78, 5) is 58.1. The number of carbonyl (C=O) groups excluding carboxylic acids is 3. The molecule has 8 N–H and O–H groups in total. The second-order valence-electron chi connectivity index (χ2n) is 14.3. The smallest absolute Gasteiger partial charge is 0.271 e. The van der Waals surface area contributed by atoms with E-state index in [2.05, 4.69) is 49.1 Å². The molecular weight excluding hydrogens is 727 g/mol. The molecule has 7 rings (SSSR count). The third kappa shape index (κ3) is 10.2. The Kier molecular flexibility index (Phi) is 13.0. The van der Waals surface area contributed by atoms with Crippen molar-refractivity contribution in [3.05, 3.63) is 47.3 Å². The fourth-order valence-corrected chi connectivity index (χ4v) is 8.53. The Morgan fingerprint density at radius 3 is 1.74 bits per heavy atom.